The molecule has 2 N–H and O–H groups in total. The average Bonchev–Trinajstić information content (AvgIpc) is 2.54. The lowest BCUT2D eigenvalue weighted by Gasteiger charge is -2.22. The first kappa shape index (κ1) is 18.9. The Bertz CT molecular complexity index is 786. The van der Waals surface area contributed by atoms with Crippen molar-refractivity contribution in [2.45, 2.75) is 6.18 Å². The third-order valence-electron chi connectivity index (χ3n) is 3.00. The number of amides is 1. The molecule has 0 aliphatic rings. The van der Waals surface area contributed by atoms with Crippen LogP contribution in [0.1, 0.15) is 15.9 Å². The van der Waals surface area contributed by atoms with Gasteiger partial charge in [-0.15, -0.1) is 0 Å². The Morgan fingerprint density at radius 2 is 1.92 bits per heavy atom. The number of rotatable bonds is 3. The summed E-state index contributed by atoms with van der Waals surface area (Å²) in [6.07, 6.45) is -3.88. The van der Waals surface area contributed by atoms with Gasteiger partial charge in [0.15, 0.2) is 10.9 Å². The minimum absolute atomic E-state index is 0.0194. The van der Waals surface area contributed by atoms with Crippen LogP contribution in [0.2, 0.25) is 5.02 Å². The Morgan fingerprint density at radius 3 is 2.48 bits per heavy atom. The topological polar surface area (TPSA) is 57.3 Å². The Balaban J connectivity index is 2.03. The van der Waals surface area contributed by atoms with Crippen molar-refractivity contribution in [1.29, 1.82) is 0 Å². The molecular weight excluding hydrogens is 377 g/mol. The van der Waals surface area contributed by atoms with E-state index in [9.17, 15) is 18.0 Å². The maximum Gasteiger partial charge on any atom is 0.417 e. The Hall–Kier alpha value is -2.39. The zero-order valence-electron chi connectivity index (χ0n) is 12.8. The van der Waals surface area contributed by atoms with E-state index in [1.54, 1.807) is 30.3 Å². The summed E-state index contributed by atoms with van der Waals surface area (Å²) in [5, 5.41) is 3.36. The number of aromatic nitrogens is 1. The first-order valence-corrected chi connectivity index (χ1v) is 7.60. The van der Waals surface area contributed by atoms with Gasteiger partial charge in [0.1, 0.15) is 0 Å². The Labute approximate surface area is 151 Å². The molecule has 2 aromatic rings. The molecule has 0 radical (unpaired) electrons. The number of benzene rings is 1. The zero-order chi connectivity index (χ0) is 18.6. The second kappa shape index (κ2) is 7.66. The summed E-state index contributed by atoms with van der Waals surface area (Å²) in [5.74, 6) is -0.413. The fourth-order valence-corrected chi connectivity index (χ4v) is 2.35. The van der Waals surface area contributed by atoms with Crippen molar-refractivity contribution in [3.05, 3.63) is 58.7 Å². The molecule has 5 nitrogen and oxygen atoms in total. The summed E-state index contributed by atoms with van der Waals surface area (Å²) in [6, 6.07) is 9.13. The number of halogens is 4. The van der Waals surface area contributed by atoms with Crippen molar-refractivity contribution in [3.63, 3.8) is 0 Å². The number of pyridine rings is 1. The fourth-order valence-electron chi connectivity index (χ4n) is 1.83. The molecule has 0 bridgehead atoms. The number of hydrogen-bond donors (Lipinski definition) is 2. The first-order valence-electron chi connectivity index (χ1n) is 6.82. The van der Waals surface area contributed by atoms with Crippen LogP contribution < -0.4 is 15.8 Å². The van der Waals surface area contributed by atoms with E-state index in [0.717, 1.165) is 6.07 Å². The number of anilines is 1. The van der Waals surface area contributed by atoms with Gasteiger partial charge in [0.2, 0.25) is 0 Å². The maximum absolute atomic E-state index is 12.6. The highest BCUT2D eigenvalue weighted by atomic mass is 35.5. The molecule has 2 rings (SSSR count). The van der Waals surface area contributed by atoms with E-state index in [0.29, 0.717) is 11.8 Å². The van der Waals surface area contributed by atoms with Gasteiger partial charge in [-0.05, 0) is 30.4 Å². The molecule has 0 atom stereocenters. The van der Waals surface area contributed by atoms with Gasteiger partial charge in [-0.1, -0.05) is 29.8 Å². The molecule has 1 amide bonds. The minimum atomic E-state index is -4.54. The number of carbonyl (C=O) groups excluding carboxylic acids is 1. The van der Waals surface area contributed by atoms with Crippen LogP contribution in [0, 0.1) is 0 Å². The van der Waals surface area contributed by atoms with Crippen LogP contribution in [0.4, 0.5) is 19.0 Å². The molecule has 132 valence electrons. The molecule has 0 unspecified atom stereocenters. The Morgan fingerprint density at radius 1 is 1.28 bits per heavy atom. The number of hydrazine groups is 1. The number of carbonyl (C=O) groups is 1. The average molecular weight is 389 g/mol. The molecule has 0 saturated carbocycles. The molecule has 0 aliphatic carbocycles. The van der Waals surface area contributed by atoms with Gasteiger partial charge in [0.05, 0.1) is 10.6 Å². The van der Waals surface area contributed by atoms with Gasteiger partial charge in [-0.3, -0.25) is 20.5 Å². The number of hydrogen-bond acceptors (Lipinski definition) is 4. The van der Waals surface area contributed by atoms with Gasteiger partial charge in [0.25, 0.3) is 5.91 Å². The normalized spacial score (nSPS) is 10.9. The summed E-state index contributed by atoms with van der Waals surface area (Å²) in [5.41, 5.74) is 2.04. The van der Waals surface area contributed by atoms with Crippen molar-refractivity contribution in [2.24, 2.45) is 0 Å². The lowest BCUT2D eigenvalue weighted by molar-refractivity contribution is -0.137. The van der Waals surface area contributed by atoms with Crippen LogP contribution in [0.3, 0.4) is 0 Å². The third kappa shape index (κ3) is 5.04. The fraction of sp³-hybridized carbons (Fsp3) is 0.133. The zero-order valence-corrected chi connectivity index (χ0v) is 14.3. The van der Waals surface area contributed by atoms with Crippen LogP contribution in [-0.2, 0) is 6.18 Å². The molecular formula is C15H12ClF3N4OS. The van der Waals surface area contributed by atoms with Crippen molar-refractivity contribution in [2.75, 3.05) is 12.1 Å². The SMILES string of the molecule is CN(NC(=S)NC(=O)c1ccccc1)c1ncc(C(F)(F)F)cc1Cl. The standard InChI is InChI=1S/C15H12ClF3N4OS/c1-23(12-11(16)7-10(8-20-12)15(17,18)19)22-14(25)21-13(24)9-5-3-2-4-6-9/h2-8H,1H3,(H2,21,22,24,25). The summed E-state index contributed by atoms with van der Waals surface area (Å²) in [7, 11) is 1.45. The molecule has 0 aliphatic heterocycles. The minimum Gasteiger partial charge on any atom is -0.298 e. The number of alkyl halides is 3. The van der Waals surface area contributed by atoms with Crippen molar-refractivity contribution in [3.8, 4) is 0 Å². The Kier molecular flexibility index (Phi) is 5.81. The van der Waals surface area contributed by atoms with Crippen molar-refractivity contribution < 1.29 is 18.0 Å². The maximum atomic E-state index is 12.6. The van der Waals surface area contributed by atoms with Gasteiger partial charge in [-0.2, -0.15) is 13.2 Å². The lowest BCUT2D eigenvalue weighted by atomic mass is 10.2. The summed E-state index contributed by atoms with van der Waals surface area (Å²) >= 11 is 10.8. The summed E-state index contributed by atoms with van der Waals surface area (Å²) in [4.78, 5) is 15.6. The van der Waals surface area contributed by atoms with E-state index < -0.39 is 17.6 Å². The molecule has 0 saturated heterocycles. The van der Waals surface area contributed by atoms with Crippen molar-refractivity contribution >= 4 is 40.7 Å². The second-order valence-corrected chi connectivity index (χ2v) is 5.66. The number of nitrogens with zero attached hydrogens (tertiary/aromatic N) is 2. The summed E-state index contributed by atoms with van der Waals surface area (Å²) < 4.78 is 37.9. The van der Waals surface area contributed by atoms with Gasteiger partial charge >= 0.3 is 6.18 Å². The molecule has 10 heteroatoms. The van der Waals surface area contributed by atoms with Gasteiger partial charge < -0.3 is 0 Å². The summed E-state index contributed by atoms with van der Waals surface area (Å²) in [6.45, 7) is 0. The van der Waals surface area contributed by atoms with E-state index in [1.807, 2.05) is 0 Å². The monoisotopic (exact) mass is 388 g/mol. The molecule has 25 heavy (non-hydrogen) atoms. The van der Waals surface area contributed by atoms with E-state index in [4.69, 9.17) is 23.8 Å². The predicted molar refractivity (Wildman–Crippen MR) is 92.3 cm³/mol. The van der Waals surface area contributed by atoms with Crippen LogP contribution in [0.25, 0.3) is 0 Å². The predicted octanol–water partition coefficient (Wildman–Crippen LogP) is 3.41. The third-order valence-corrected chi connectivity index (χ3v) is 3.47. The van der Waals surface area contributed by atoms with Gasteiger partial charge in [0, 0.05) is 18.8 Å². The highest BCUT2D eigenvalue weighted by Gasteiger charge is 2.32. The van der Waals surface area contributed by atoms with Crippen LogP contribution in [0.15, 0.2) is 42.6 Å². The van der Waals surface area contributed by atoms with E-state index >= 15 is 0 Å². The molecule has 1 heterocycles. The molecule has 0 spiro atoms. The molecule has 0 fully saturated rings. The molecule has 1 aromatic carbocycles. The van der Waals surface area contributed by atoms with E-state index in [2.05, 4.69) is 15.7 Å². The lowest BCUT2D eigenvalue weighted by Crippen LogP contribution is -2.47. The van der Waals surface area contributed by atoms with E-state index in [-0.39, 0.29) is 16.0 Å². The smallest absolute Gasteiger partial charge is 0.298 e. The first-order chi connectivity index (χ1) is 11.7. The van der Waals surface area contributed by atoms with E-state index in [1.165, 1.54) is 12.1 Å². The number of nitrogens with one attached hydrogen (secondary N) is 2. The molecule has 1 aromatic heterocycles. The quantitative estimate of drug-likeness (QED) is 0.623. The largest absolute Gasteiger partial charge is 0.417 e. The van der Waals surface area contributed by atoms with Crippen LogP contribution >= 0.6 is 23.8 Å². The second-order valence-electron chi connectivity index (χ2n) is 4.85. The van der Waals surface area contributed by atoms with Crippen LogP contribution in [0.5, 0.6) is 0 Å². The van der Waals surface area contributed by atoms with Crippen LogP contribution in [-0.4, -0.2) is 23.1 Å². The number of thiocarbonyl (C=S) groups is 1. The highest BCUT2D eigenvalue weighted by Crippen LogP contribution is 2.32. The van der Waals surface area contributed by atoms with Gasteiger partial charge in [-0.25, -0.2) is 4.98 Å². The highest BCUT2D eigenvalue weighted by molar-refractivity contribution is 7.80. The van der Waals surface area contributed by atoms with Crippen molar-refractivity contribution in [1.82, 2.24) is 15.7 Å².